The summed E-state index contributed by atoms with van der Waals surface area (Å²) in [6.07, 6.45) is 3.90. The molecule has 0 saturated carbocycles. The summed E-state index contributed by atoms with van der Waals surface area (Å²) in [4.78, 5) is 8.86. The van der Waals surface area contributed by atoms with Gasteiger partial charge in [-0.25, -0.2) is 5.01 Å². The first-order valence-corrected chi connectivity index (χ1v) is 8.95. The van der Waals surface area contributed by atoms with Gasteiger partial charge in [-0.2, -0.15) is 8.42 Å². The molecule has 8 heteroatoms. The molecular weight excluding hydrogens is 316 g/mol. The largest absolute Gasteiger partial charge is 0.278 e. The molecule has 0 radical (unpaired) electrons. The van der Waals surface area contributed by atoms with E-state index in [1.807, 2.05) is 41.6 Å². The van der Waals surface area contributed by atoms with Crippen LogP contribution in [-0.2, 0) is 14.3 Å². The van der Waals surface area contributed by atoms with Crippen LogP contribution in [0.5, 0.6) is 0 Å². The van der Waals surface area contributed by atoms with Gasteiger partial charge in [0.25, 0.3) is 10.1 Å². The molecule has 0 amide bonds. The van der Waals surface area contributed by atoms with Gasteiger partial charge in [0.1, 0.15) is 12.4 Å². The van der Waals surface area contributed by atoms with Crippen molar-refractivity contribution in [1.29, 1.82) is 0 Å². The van der Waals surface area contributed by atoms with E-state index < -0.39 is 10.1 Å². The summed E-state index contributed by atoms with van der Waals surface area (Å²) in [5, 5.41) is 1.81. The van der Waals surface area contributed by atoms with Crippen LogP contribution in [0.1, 0.15) is 18.1 Å². The maximum absolute atomic E-state index is 11.2. The third-order valence-electron chi connectivity index (χ3n) is 3.47. The zero-order valence-corrected chi connectivity index (χ0v) is 13.6. The first-order valence-electron chi connectivity index (χ1n) is 7.37. The Bertz CT molecular complexity index is 784. The summed E-state index contributed by atoms with van der Waals surface area (Å²) >= 11 is 0. The van der Waals surface area contributed by atoms with E-state index in [-0.39, 0.29) is 18.9 Å². The molecule has 0 bridgehead atoms. The number of hydrazine groups is 1. The fraction of sp³-hybridized carbons (Fsp3) is 0.333. The van der Waals surface area contributed by atoms with Crippen molar-refractivity contribution < 1.29 is 12.6 Å². The first-order chi connectivity index (χ1) is 11.1. The van der Waals surface area contributed by atoms with E-state index in [0.29, 0.717) is 12.4 Å². The highest BCUT2D eigenvalue weighted by Gasteiger charge is 2.22. The van der Waals surface area contributed by atoms with Crippen LogP contribution in [0.15, 0.2) is 40.5 Å². The molecule has 23 heavy (non-hydrogen) atoms. The molecule has 3 rings (SSSR count). The van der Waals surface area contributed by atoms with E-state index in [0.717, 1.165) is 17.0 Å². The van der Waals surface area contributed by atoms with Crippen LogP contribution >= 0.6 is 0 Å². The topological polar surface area (TPSA) is 83.4 Å². The number of hydrogen-bond donors (Lipinski definition) is 1. The van der Waals surface area contributed by atoms with Crippen molar-refractivity contribution in [2.24, 2.45) is 9.98 Å². The lowest BCUT2D eigenvalue weighted by atomic mass is 10.0. The molecule has 0 spiro atoms. The first kappa shape index (κ1) is 15.7. The second-order valence-electron chi connectivity index (χ2n) is 5.02. The number of rotatable bonds is 5. The lowest BCUT2D eigenvalue weighted by Gasteiger charge is -2.31. The number of amidine groups is 2. The second-order valence-corrected chi connectivity index (χ2v) is 6.95. The van der Waals surface area contributed by atoms with Crippen molar-refractivity contribution in [3.05, 3.63) is 41.6 Å². The van der Waals surface area contributed by atoms with Crippen LogP contribution in [0.25, 0.3) is 6.08 Å². The van der Waals surface area contributed by atoms with Gasteiger partial charge in [0.05, 0.1) is 18.9 Å². The SMILES string of the molecule is CCS(=O)(=O)OCCN=C1CN=C2c3ccccc3C=CN2N1. The zero-order valence-electron chi connectivity index (χ0n) is 12.8. The van der Waals surface area contributed by atoms with Crippen LogP contribution in [-0.4, -0.2) is 50.5 Å². The van der Waals surface area contributed by atoms with Crippen molar-refractivity contribution in [2.75, 3.05) is 25.4 Å². The minimum atomic E-state index is -3.41. The van der Waals surface area contributed by atoms with E-state index in [4.69, 9.17) is 4.18 Å². The van der Waals surface area contributed by atoms with Crippen molar-refractivity contribution in [3.8, 4) is 0 Å². The third-order valence-corrected chi connectivity index (χ3v) is 4.70. The number of nitrogens with one attached hydrogen (secondary N) is 1. The van der Waals surface area contributed by atoms with Gasteiger partial charge in [-0.05, 0) is 18.6 Å². The van der Waals surface area contributed by atoms with Gasteiger partial charge >= 0.3 is 0 Å². The predicted octanol–water partition coefficient (Wildman–Crippen LogP) is 1.00. The van der Waals surface area contributed by atoms with E-state index in [2.05, 4.69) is 15.4 Å². The number of nitrogens with zero attached hydrogens (tertiary/aromatic N) is 3. The van der Waals surface area contributed by atoms with Gasteiger partial charge in [-0.15, -0.1) is 0 Å². The number of fused-ring (bicyclic) bond motifs is 3. The lowest BCUT2D eigenvalue weighted by molar-refractivity contribution is 0.328. The number of benzene rings is 1. The summed E-state index contributed by atoms with van der Waals surface area (Å²) in [7, 11) is -3.41. The molecule has 1 N–H and O–H groups in total. The van der Waals surface area contributed by atoms with Crippen LogP contribution in [0.2, 0.25) is 0 Å². The van der Waals surface area contributed by atoms with Crippen molar-refractivity contribution >= 4 is 27.9 Å². The van der Waals surface area contributed by atoms with Gasteiger partial charge in [0.15, 0.2) is 5.84 Å². The molecule has 0 saturated heterocycles. The van der Waals surface area contributed by atoms with Crippen LogP contribution in [0, 0.1) is 0 Å². The molecule has 1 aromatic carbocycles. The van der Waals surface area contributed by atoms with E-state index in [9.17, 15) is 8.42 Å². The minimum absolute atomic E-state index is 0.0343. The van der Waals surface area contributed by atoms with Gasteiger partial charge in [0, 0.05) is 11.8 Å². The fourth-order valence-corrected chi connectivity index (χ4v) is 2.79. The number of aliphatic imine (C=N–C) groups is 2. The Morgan fingerprint density at radius 2 is 2.22 bits per heavy atom. The number of hydrogen-bond acceptors (Lipinski definition) is 6. The second kappa shape index (κ2) is 6.51. The van der Waals surface area contributed by atoms with Crippen LogP contribution in [0.3, 0.4) is 0 Å². The maximum atomic E-state index is 11.2. The quantitative estimate of drug-likeness (QED) is 0.642. The Balaban J connectivity index is 1.64. The molecule has 0 unspecified atom stereocenters. The van der Waals surface area contributed by atoms with E-state index >= 15 is 0 Å². The zero-order chi connectivity index (χ0) is 16.3. The Kier molecular flexibility index (Phi) is 4.44. The van der Waals surface area contributed by atoms with Gasteiger partial charge in [0.2, 0.25) is 0 Å². The van der Waals surface area contributed by atoms with Crippen molar-refractivity contribution in [1.82, 2.24) is 10.4 Å². The normalized spacial score (nSPS) is 18.2. The van der Waals surface area contributed by atoms with Gasteiger partial charge in [-0.1, -0.05) is 24.3 Å². The summed E-state index contributed by atoms with van der Waals surface area (Å²) in [6.45, 7) is 2.27. The smallest absolute Gasteiger partial charge is 0.267 e. The molecule has 2 heterocycles. The average Bonchev–Trinajstić information content (AvgIpc) is 2.58. The molecule has 0 fully saturated rings. The molecule has 7 nitrogen and oxygen atoms in total. The summed E-state index contributed by atoms with van der Waals surface area (Å²) in [5.74, 6) is 1.50. The summed E-state index contributed by atoms with van der Waals surface area (Å²) in [6, 6.07) is 8.04. The molecule has 122 valence electrons. The highest BCUT2D eigenvalue weighted by Crippen LogP contribution is 2.20. The molecule has 1 aromatic rings. The molecule has 2 aliphatic rings. The van der Waals surface area contributed by atoms with Crippen molar-refractivity contribution in [3.63, 3.8) is 0 Å². The fourth-order valence-electron chi connectivity index (χ4n) is 2.29. The Morgan fingerprint density at radius 1 is 1.39 bits per heavy atom. The third kappa shape index (κ3) is 3.59. The van der Waals surface area contributed by atoms with Crippen molar-refractivity contribution in [2.45, 2.75) is 6.92 Å². The van der Waals surface area contributed by atoms with E-state index in [1.54, 1.807) is 6.92 Å². The average molecular weight is 334 g/mol. The lowest BCUT2D eigenvalue weighted by Crippen LogP contribution is -2.49. The Labute approximate surface area is 135 Å². The molecule has 0 aromatic heterocycles. The van der Waals surface area contributed by atoms with Gasteiger partial charge in [-0.3, -0.25) is 19.6 Å². The predicted molar refractivity (Wildman–Crippen MR) is 89.6 cm³/mol. The van der Waals surface area contributed by atoms with Crippen LogP contribution in [0.4, 0.5) is 0 Å². The Morgan fingerprint density at radius 3 is 3.04 bits per heavy atom. The standard InChI is InChI=1S/C15H18N4O3S/c1-2-23(20,21)22-10-8-16-14-11-17-15-13-6-4-3-5-12(13)7-9-19(15)18-14/h3-7,9H,2,8,10-11H2,1H3,(H,16,18). The maximum Gasteiger partial charge on any atom is 0.267 e. The molecule has 0 atom stereocenters. The summed E-state index contributed by atoms with van der Waals surface area (Å²) in [5.41, 5.74) is 5.36. The highest BCUT2D eigenvalue weighted by molar-refractivity contribution is 7.86. The van der Waals surface area contributed by atoms with E-state index in [1.165, 1.54) is 0 Å². The summed E-state index contributed by atoms with van der Waals surface area (Å²) < 4.78 is 27.3. The highest BCUT2D eigenvalue weighted by atomic mass is 32.2. The van der Waals surface area contributed by atoms with Crippen LogP contribution < -0.4 is 5.43 Å². The molecule has 2 aliphatic heterocycles. The molecule has 0 aliphatic carbocycles. The van der Waals surface area contributed by atoms with Gasteiger partial charge < -0.3 is 0 Å². The molecular formula is C15H18N4O3S. The monoisotopic (exact) mass is 334 g/mol. The minimum Gasteiger partial charge on any atom is -0.278 e. The Hall–Kier alpha value is -2.19.